The fraction of sp³-hybridized carbons (Fsp3) is 0.773. The molecule has 1 heterocycles. The molecule has 3 aliphatic carbocycles. The van der Waals surface area contributed by atoms with E-state index in [-0.39, 0.29) is 59.5 Å². The van der Waals surface area contributed by atoms with E-state index in [1.54, 1.807) is 0 Å². The minimum atomic E-state index is -0.108. The van der Waals surface area contributed by atoms with Crippen LogP contribution in [0.15, 0.2) is 17.1 Å². The Kier molecular flexibility index (Phi) is 7.81. The third-order valence-corrected chi connectivity index (χ3v) is 6.84. The van der Waals surface area contributed by atoms with Gasteiger partial charge >= 0.3 is 0 Å². The van der Waals surface area contributed by atoms with Gasteiger partial charge in [-0.3, -0.25) is 24.4 Å². The van der Waals surface area contributed by atoms with E-state index in [1.165, 1.54) is 17.7 Å². The van der Waals surface area contributed by atoms with Crippen molar-refractivity contribution < 1.29 is 9.59 Å². The van der Waals surface area contributed by atoms with Crippen molar-refractivity contribution in [3.63, 3.8) is 0 Å². The van der Waals surface area contributed by atoms with E-state index in [0.29, 0.717) is 19.1 Å². The van der Waals surface area contributed by atoms with Gasteiger partial charge in [0.1, 0.15) is 0 Å². The van der Waals surface area contributed by atoms with Gasteiger partial charge in [-0.15, -0.1) is 24.0 Å². The van der Waals surface area contributed by atoms with Gasteiger partial charge in [0.2, 0.25) is 11.8 Å². The molecule has 4 atom stereocenters. The predicted octanol–water partition coefficient (Wildman–Crippen LogP) is 1.84. The molecule has 0 aromatic heterocycles. The number of nitrogens with one attached hydrogen (secondary N) is 2. The minimum Gasteiger partial charge on any atom is -0.357 e. The van der Waals surface area contributed by atoms with Gasteiger partial charge in [-0.05, 0) is 51.9 Å². The lowest BCUT2D eigenvalue weighted by Gasteiger charge is -2.25. The van der Waals surface area contributed by atoms with E-state index in [4.69, 9.17) is 4.99 Å². The number of fused-ring (bicyclic) bond motifs is 5. The first kappa shape index (κ1) is 23.5. The van der Waals surface area contributed by atoms with Crippen molar-refractivity contribution in [3.05, 3.63) is 12.2 Å². The summed E-state index contributed by atoms with van der Waals surface area (Å²) in [6.07, 6.45) is 7.85. The molecular formula is C22H36IN5O2. The summed E-state index contributed by atoms with van der Waals surface area (Å²) in [5.74, 6) is 1.14. The van der Waals surface area contributed by atoms with Crippen LogP contribution in [0.5, 0.6) is 0 Å². The molecule has 2 amide bonds. The van der Waals surface area contributed by atoms with Crippen LogP contribution in [0.2, 0.25) is 0 Å². The normalized spacial score (nSPS) is 29.8. The van der Waals surface area contributed by atoms with Crippen LogP contribution in [0.4, 0.5) is 0 Å². The third-order valence-electron chi connectivity index (χ3n) is 6.84. The van der Waals surface area contributed by atoms with Gasteiger partial charge < -0.3 is 10.6 Å². The highest BCUT2D eigenvalue weighted by atomic mass is 127. The van der Waals surface area contributed by atoms with Crippen LogP contribution < -0.4 is 10.6 Å². The molecule has 4 aliphatic rings. The number of aliphatic imine (C=N–C) groups is 1. The second-order valence-corrected chi connectivity index (χ2v) is 9.08. The average Bonchev–Trinajstić information content (AvgIpc) is 3.22. The number of hydrogen-bond acceptors (Lipinski definition) is 4. The van der Waals surface area contributed by atoms with Crippen LogP contribution in [0.1, 0.15) is 40.0 Å². The van der Waals surface area contributed by atoms with Crippen LogP contribution >= 0.6 is 24.0 Å². The van der Waals surface area contributed by atoms with E-state index in [0.717, 1.165) is 38.1 Å². The van der Waals surface area contributed by atoms with Crippen LogP contribution in [-0.4, -0.2) is 72.4 Å². The molecule has 2 bridgehead atoms. The number of carbonyl (C=O) groups excluding carboxylic acids is 2. The van der Waals surface area contributed by atoms with Gasteiger partial charge in [-0.2, -0.15) is 0 Å². The maximum atomic E-state index is 12.8. The van der Waals surface area contributed by atoms with Gasteiger partial charge in [0.25, 0.3) is 0 Å². The molecule has 0 aromatic carbocycles. The summed E-state index contributed by atoms with van der Waals surface area (Å²) in [6, 6.07) is 1.28. The van der Waals surface area contributed by atoms with Crippen LogP contribution in [0.25, 0.3) is 0 Å². The smallest absolute Gasteiger partial charge is 0.233 e. The maximum Gasteiger partial charge on any atom is 0.233 e. The van der Waals surface area contributed by atoms with Crippen LogP contribution in [0, 0.1) is 23.7 Å². The fourth-order valence-electron chi connectivity index (χ4n) is 5.36. The Hall–Kier alpha value is -1.16. The molecule has 1 saturated heterocycles. The van der Waals surface area contributed by atoms with Crippen molar-refractivity contribution in [2.24, 2.45) is 28.7 Å². The summed E-state index contributed by atoms with van der Waals surface area (Å²) in [7, 11) is 0. The van der Waals surface area contributed by atoms with Crippen molar-refractivity contribution in [1.29, 1.82) is 0 Å². The third kappa shape index (κ3) is 4.69. The number of guanidine groups is 1. The SMILES string of the molecule is CCNC(=NCCN(C(C)C)C1CC1)NCCN1C(=O)C2C3C=CC(C3)C2C1=O.I. The van der Waals surface area contributed by atoms with Crippen molar-refractivity contribution in [2.75, 3.05) is 32.7 Å². The van der Waals surface area contributed by atoms with E-state index in [9.17, 15) is 9.59 Å². The van der Waals surface area contributed by atoms with Gasteiger partial charge in [0.15, 0.2) is 5.96 Å². The summed E-state index contributed by atoms with van der Waals surface area (Å²) in [4.78, 5) is 34.2. The summed E-state index contributed by atoms with van der Waals surface area (Å²) >= 11 is 0. The lowest BCUT2D eigenvalue weighted by atomic mass is 9.85. The Morgan fingerprint density at radius 3 is 2.33 bits per heavy atom. The predicted molar refractivity (Wildman–Crippen MR) is 129 cm³/mol. The lowest BCUT2D eigenvalue weighted by molar-refractivity contribution is -0.140. The molecule has 1 aliphatic heterocycles. The topological polar surface area (TPSA) is 77.0 Å². The minimum absolute atomic E-state index is 0. The highest BCUT2D eigenvalue weighted by Gasteiger charge is 2.58. The van der Waals surface area contributed by atoms with E-state index < -0.39 is 0 Å². The molecule has 0 radical (unpaired) electrons. The summed E-state index contributed by atoms with van der Waals surface area (Å²) in [5.41, 5.74) is 0. The fourth-order valence-corrected chi connectivity index (χ4v) is 5.36. The standard InChI is InChI=1S/C22H35N5O2.HI/c1-4-23-22(24-9-11-26(14(2)3)17-7-8-17)25-10-12-27-20(28)18-15-5-6-16(13-15)19(18)21(27)29;/h5-6,14-19H,4,7-13H2,1-3H3,(H2,23,24,25);1H. The molecule has 7 nitrogen and oxygen atoms in total. The van der Waals surface area contributed by atoms with E-state index in [2.05, 4.69) is 41.5 Å². The first-order valence-electron chi connectivity index (χ1n) is 11.3. The number of hydrogen-bond donors (Lipinski definition) is 2. The number of allylic oxidation sites excluding steroid dienone is 2. The molecule has 30 heavy (non-hydrogen) atoms. The average molecular weight is 529 g/mol. The van der Waals surface area contributed by atoms with E-state index in [1.807, 2.05) is 6.92 Å². The van der Waals surface area contributed by atoms with Gasteiger partial charge in [-0.25, -0.2) is 0 Å². The number of rotatable bonds is 9. The van der Waals surface area contributed by atoms with Crippen molar-refractivity contribution >= 4 is 41.8 Å². The molecule has 168 valence electrons. The Balaban J connectivity index is 0.00000256. The number of likely N-dealkylation sites (tertiary alicyclic amines) is 1. The zero-order valence-corrected chi connectivity index (χ0v) is 20.7. The molecule has 4 unspecified atom stereocenters. The lowest BCUT2D eigenvalue weighted by Crippen LogP contribution is -2.44. The largest absolute Gasteiger partial charge is 0.357 e. The second kappa shape index (κ2) is 9.97. The van der Waals surface area contributed by atoms with Gasteiger partial charge in [0, 0.05) is 38.3 Å². The molecule has 8 heteroatoms. The van der Waals surface area contributed by atoms with E-state index >= 15 is 0 Å². The van der Waals surface area contributed by atoms with Crippen LogP contribution in [-0.2, 0) is 9.59 Å². The Bertz CT molecular complexity index is 674. The summed E-state index contributed by atoms with van der Waals surface area (Å²) < 4.78 is 0. The molecule has 2 N–H and O–H groups in total. The van der Waals surface area contributed by atoms with Gasteiger partial charge in [0.05, 0.1) is 18.4 Å². The first-order valence-corrected chi connectivity index (χ1v) is 11.3. The Morgan fingerprint density at radius 2 is 1.80 bits per heavy atom. The molecule has 4 rings (SSSR count). The number of halogens is 1. The number of amides is 2. The number of carbonyl (C=O) groups is 2. The van der Waals surface area contributed by atoms with Crippen LogP contribution in [0.3, 0.4) is 0 Å². The summed E-state index contributed by atoms with van der Waals surface area (Å²) in [6.45, 7) is 9.95. The second-order valence-electron chi connectivity index (χ2n) is 9.08. The molecular weight excluding hydrogens is 493 g/mol. The monoisotopic (exact) mass is 529 g/mol. The zero-order valence-electron chi connectivity index (χ0n) is 18.3. The molecule has 3 fully saturated rings. The quantitative estimate of drug-likeness (QED) is 0.157. The summed E-state index contributed by atoms with van der Waals surface area (Å²) in [5, 5.41) is 6.56. The zero-order chi connectivity index (χ0) is 20.5. The Morgan fingerprint density at radius 1 is 1.17 bits per heavy atom. The first-order chi connectivity index (χ1) is 14.0. The number of imide groups is 1. The molecule has 2 saturated carbocycles. The van der Waals surface area contributed by atoms with Crippen molar-refractivity contribution in [1.82, 2.24) is 20.4 Å². The van der Waals surface area contributed by atoms with Crippen molar-refractivity contribution in [3.8, 4) is 0 Å². The maximum absolute atomic E-state index is 12.8. The highest BCUT2D eigenvalue weighted by molar-refractivity contribution is 14.0. The highest BCUT2D eigenvalue weighted by Crippen LogP contribution is 2.52. The number of nitrogens with zero attached hydrogens (tertiary/aromatic N) is 3. The molecule has 0 spiro atoms. The molecule has 0 aromatic rings. The Labute approximate surface area is 197 Å². The van der Waals surface area contributed by atoms with Gasteiger partial charge in [-0.1, -0.05) is 12.2 Å². The van der Waals surface area contributed by atoms with Crippen molar-refractivity contribution in [2.45, 2.75) is 52.1 Å².